The molecular weight excluding hydrogens is 424 g/mol. The van der Waals surface area contributed by atoms with Crippen molar-refractivity contribution >= 4 is 33.4 Å². The second-order valence-corrected chi connectivity index (χ2v) is 7.28. The van der Waals surface area contributed by atoms with Gasteiger partial charge < -0.3 is 20.1 Å². The molecule has 0 saturated carbocycles. The molecule has 0 radical (unpaired) electrons. The molecular formula is C21H25BrN2O4. The monoisotopic (exact) mass is 448 g/mol. The summed E-state index contributed by atoms with van der Waals surface area (Å²) in [6.07, 6.45) is 0.397. The van der Waals surface area contributed by atoms with Gasteiger partial charge in [-0.05, 0) is 49.2 Å². The van der Waals surface area contributed by atoms with E-state index in [1.165, 1.54) is 0 Å². The van der Waals surface area contributed by atoms with Gasteiger partial charge in [-0.3, -0.25) is 9.59 Å². The van der Waals surface area contributed by atoms with Crippen molar-refractivity contribution in [1.29, 1.82) is 0 Å². The first kappa shape index (κ1) is 21.8. The molecule has 28 heavy (non-hydrogen) atoms. The molecule has 0 atom stereocenters. The molecule has 2 amide bonds. The molecule has 0 aliphatic heterocycles. The minimum Gasteiger partial charge on any atom is -0.493 e. The van der Waals surface area contributed by atoms with Crippen molar-refractivity contribution in [3.8, 4) is 11.5 Å². The fourth-order valence-corrected chi connectivity index (χ4v) is 2.85. The van der Waals surface area contributed by atoms with E-state index in [-0.39, 0.29) is 37.8 Å². The summed E-state index contributed by atoms with van der Waals surface area (Å²) in [4.78, 5) is 24.0. The van der Waals surface area contributed by atoms with E-state index < -0.39 is 0 Å². The maximum Gasteiger partial charge on any atom is 0.226 e. The van der Waals surface area contributed by atoms with Crippen LogP contribution in [0.1, 0.15) is 24.0 Å². The Morgan fingerprint density at radius 3 is 2.54 bits per heavy atom. The summed E-state index contributed by atoms with van der Waals surface area (Å²) in [7, 11) is 1.58. The van der Waals surface area contributed by atoms with Crippen molar-refractivity contribution in [3.63, 3.8) is 0 Å². The summed E-state index contributed by atoms with van der Waals surface area (Å²) >= 11 is 3.38. The first-order chi connectivity index (χ1) is 13.4. The molecule has 0 unspecified atom stereocenters. The Morgan fingerprint density at radius 2 is 1.79 bits per heavy atom. The van der Waals surface area contributed by atoms with E-state index in [2.05, 4.69) is 26.6 Å². The molecule has 0 heterocycles. The van der Waals surface area contributed by atoms with Crippen LogP contribution in [0, 0.1) is 13.8 Å². The molecule has 7 heteroatoms. The molecule has 0 spiro atoms. The number of carbonyl (C=O) groups excluding carboxylic acids is 2. The lowest BCUT2D eigenvalue weighted by molar-refractivity contribution is -0.121. The predicted octanol–water partition coefficient (Wildman–Crippen LogP) is 3.99. The molecule has 2 aromatic rings. The van der Waals surface area contributed by atoms with Crippen molar-refractivity contribution < 1.29 is 19.1 Å². The molecule has 0 aromatic heterocycles. The zero-order chi connectivity index (χ0) is 20.5. The number of halogens is 1. The number of hydrogen-bond donors (Lipinski definition) is 2. The van der Waals surface area contributed by atoms with Gasteiger partial charge in [0, 0.05) is 23.1 Å². The average Bonchev–Trinajstić information content (AvgIpc) is 2.65. The van der Waals surface area contributed by atoms with E-state index in [1.54, 1.807) is 7.11 Å². The van der Waals surface area contributed by atoms with E-state index in [4.69, 9.17) is 9.47 Å². The second kappa shape index (κ2) is 10.7. The van der Waals surface area contributed by atoms with E-state index in [0.717, 1.165) is 21.3 Å². The van der Waals surface area contributed by atoms with Crippen LogP contribution in [0.3, 0.4) is 0 Å². The average molecular weight is 449 g/mol. The van der Waals surface area contributed by atoms with Crippen LogP contribution in [0.4, 0.5) is 5.69 Å². The molecule has 0 fully saturated rings. The number of rotatable bonds is 9. The third-order valence-electron chi connectivity index (χ3n) is 4.05. The number of methoxy groups -OCH3 is 1. The van der Waals surface area contributed by atoms with Crippen LogP contribution in [0.15, 0.2) is 40.9 Å². The number of amides is 2. The smallest absolute Gasteiger partial charge is 0.226 e. The van der Waals surface area contributed by atoms with Gasteiger partial charge in [0.1, 0.15) is 0 Å². The van der Waals surface area contributed by atoms with Gasteiger partial charge in [0.15, 0.2) is 11.5 Å². The summed E-state index contributed by atoms with van der Waals surface area (Å²) in [6, 6.07) is 11.3. The van der Waals surface area contributed by atoms with E-state index in [1.807, 2.05) is 50.2 Å². The normalized spacial score (nSPS) is 10.3. The van der Waals surface area contributed by atoms with Crippen LogP contribution >= 0.6 is 15.9 Å². The molecule has 0 aliphatic rings. The topological polar surface area (TPSA) is 76.7 Å². The van der Waals surface area contributed by atoms with Crippen LogP contribution in [0.2, 0.25) is 0 Å². The molecule has 150 valence electrons. The molecule has 2 aromatic carbocycles. The highest BCUT2D eigenvalue weighted by Crippen LogP contribution is 2.27. The lowest BCUT2D eigenvalue weighted by Crippen LogP contribution is -2.28. The van der Waals surface area contributed by atoms with Crippen LogP contribution in [0.25, 0.3) is 0 Å². The van der Waals surface area contributed by atoms with Crippen LogP contribution in [-0.4, -0.2) is 32.1 Å². The standard InChI is InChI=1S/C21H25BrN2O4/c1-14-4-7-18(19(12-14)27-3)28-11-9-20(25)23-10-8-21(26)24-17-13-16(22)6-5-15(17)2/h4-7,12-13H,8-11H2,1-3H3,(H,23,25)(H,24,26). The van der Waals surface area contributed by atoms with Gasteiger partial charge in [-0.2, -0.15) is 0 Å². The highest BCUT2D eigenvalue weighted by molar-refractivity contribution is 9.10. The zero-order valence-corrected chi connectivity index (χ0v) is 17.9. The fourth-order valence-electron chi connectivity index (χ4n) is 2.49. The Hall–Kier alpha value is -2.54. The van der Waals surface area contributed by atoms with Crippen molar-refractivity contribution in [3.05, 3.63) is 52.0 Å². The van der Waals surface area contributed by atoms with Crippen LogP contribution < -0.4 is 20.1 Å². The molecule has 2 rings (SSSR count). The van der Waals surface area contributed by atoms with Gasteiger partial charge in [0.25, 0.3) is 0 Å². The number of anilines is 1. The van der Waals surface area contributed by atoms with Crippen LogP contribution in [0.5, 0.6) is 11.5 Å². The summed E-state index contributed by atoms with van der Waals surface area (Å²) < 4.78 is 11.8. The lowest BCUT2D eigenvalue weighted by atomic mass is 10.2. The summed E-state index contributed by atoms with van der Waals surface area (Å²) in [5.41, 5.74) is 2.80. The Labute approximate surface area is 173 Å². The summed E-state index contributed by atoms with van der Waals surface area (Å²) in [5, 5.41) is 5.58. The Bertz CT molecular complexity index is 839. The number of benzene rings is 2. The van der Waals surface area contributed by atoms with Gasteiger partial charge in [-0.15, -0.1) is 0 Å². The quantitative estimate of drug-likeness (QED) is 0.607. The van der Waals surface area contributed by atoms with Crippen molar-refractivity contribution in [2.24, 2.45) is 0 Å². The molecule has 2 N–H and O–H groups in total. The van der Waals surface area contributed by atoms with Crippen LogP contribution in [-0.2, 0) is 9.59 Å². The first-order valence-electron chi connectivity index (χ1n) is 8.99. The number of nitrogens with one attached hydrogen (secondary N) is 2. The van der Waals surface area contributed by atoms with Crippen molar-refractivity contribution in [1.82, 2.24) is 5.32 Å². The third kappa shape index (κ3) is 6.88. The van der Waals surface area contributed by atoms with Gasteiger partial charge in [-0.1, -0.05) is 28.1 Å². The molecule has 6 nitrogen and oxygen atoms in total. The zero-order valence-electron chi connectivity index (χ0n) is 16.3. The minimum absolute atomic E-state index is 0.151. The summed E-state index contributed by atoms with van der Waals surface area (Å²) in [5.74, 6) is 0.921. The summed E-state index contributed by atoms with van der Waals surface area (Å²) in [6.45, 7) is 4.39. The Balaban J connectivity index is 1.68. The highest BCUT2D eigenvalue weighted by atomic mass is 79.9. The van der Waals surface area contributed by atoms with E-state index >= 15 is 0 Å². The highest BCUT2D eigenvalue weighted by Gasteiger charge is 2.08. The van der Waals surface area contributed by atoms with Crippen molar-refractivity contribution in [2.75, 3.05) is 25.6 Å². The second-order valence-electron chi connectivity index (χ2n) is 6.36. The Kier molecular flexibility index (Phi) is 8.32. The maximum atomic E-state index is 12.0. The fraction of sp³-hybridized carbons (Fsp3) is 0.333. The van der Waals surface area contributed by atoms with Gasteiger partial charge >= 0.3 is 0 Å². The maximum absolute atomic E-state index is 12.0. The number of aryl methyl sites for hydroxylation is 2. The minimum atomic E-state index is -0.169. The third-order valence-corrected chi connectivity index (χ3v) is 4.55. The lowest BCUT2D eigenvalue weighted by Gasteiger charge is -2.11. The number of ether oxygens (including phenoxy) is 2. The molecule has 0 aliphatic carbocycles. The largest absolute Gasteiger partial charge is 0.493 e. The van der Waals surface area contributed by atoms with E-state index in [9.17, 15) is 9.59 Å². The van der Waals surface area contributed by atoms with Gasteiger partial charge in [0.2, 0.25) is 11.8 Å². The van der Waals surface area contributed by atoms with E-state index in [0.29, 0.717) is 11.5 Å². The van der Waals surface area contributed by atoms with Gasteiger partial charge in [0.05, 0.1) is 20.1 Å². The first-order valence-corrected chi connectivity index (χ1v) is 9.78. The van der Waals surface area contributed by atoms with Gasteiger partial charge in [-0.25, -0.2) is 0 Å². The number of carbonyl (C=O) groups is 2. The molecule has 0 bridgehead atoms. The molecule has 0 saturated heterocycles. The predicted molar refractivity (Wildman–Crippen MR) is 113 cm³/mol. The number of hydrogen-bond acceptors (Lipinski definition) is 4. The SMILES string of the molecule is COc1cc(C)ccc1OCCC(=O)NCCC(=O)Nc1cc(Br)ccc1C. The van der Waals surface area contributed by atoms with Crippen molar-refractivity contribution in [2.45, 2.75) is 26.7 Å². The Morgan fingerprint density at radius 1 is 1.00 bits per heavy atom.